The number of aryl methyl sites for hydroxylation is 1. The topological polar surface area (TPSA) is 41.5 Å². The minimum absolute atomic E-state index is 0.214. The third-order valence-electron chi connectivity index (χ3n) is 5.07. The van der Waals surface area contributed by atoms with E-state index in [1.807, 2.05) is 6.07 Å². The molecule has 8 heteroatoms. The number of thiazole rings is 2. The van der Waals surface area contributed by atoms with Crippen molar-refractivity contribution in [3.05, 3.63) is 41.7 Å². The van der Waals surface area contributed by atoms with Crippen molar-refractivity contribution in [3.8, 4) is 5.75 Å². The van der Waals surface area contributed by atoms with Crippen molar-refractivity contribution in [2.75, 3.05) is 43.1 Å². The Bertz CT molecular complexity index is 1160. The average Bonchev–Trinajstić information content (AvgIpc) is 3.33. The van der Waals surface area contributed by atoms with Gasteiger partial charge >= 0.3 is 0 Å². The number of hydrogen-bond donors (Lipinski definition) is 0. The van der Waals surface area contributed by atoms with Crippen molar-refractivity contribution in [1.29, 1.82) is 0 Å². The minimum Gasteiger partial charge on any atom is -0.494 e. The Morgan fingerprint density at radius 2 is 1.68 bits per heavy atom. The van der Waals surface area contributed by atoms with Gasteiger partial charge in [0.1, 0.15) is 17.1 Å². The van der Waals surface area contributed by atoms with Crippen LogP contribution in [0.4, 0.5) is 14.7 Å². The van der Waals surface area contributed by atoms with Crippen LogP contribution in [0.5, 0.6) is 5.75 Å². The van der Waals surface area contributed by atoms with Gasteiger partial charge in [0, 0.05) is 26.2 Å². The molecule has 1 fully saturated rings. The Labute approximate surface area is 170 Å². The molecule has 0 aliphatic carbocycles. The lowest BCUT2D eigenvalue weighted by molar-refractivity contribution is 0.419. The predicted octanol–water partition coefficient (Wildman–Crippen LogP) is 4.69. The maximum Gasteiger partial charge on any atom is 0.186 e. The van der Waals surface area contributed by atoms with Gasteiger partial charge < -0.3 is 14.5 Å². The number of halogens is 1. The van der Waals surface area contributed by atoms with Gasteiger partial charge in [-0.25, -0.2) is 14.4 Å². The van der Waals surface area contributed by atoms with Gasteiger partial charge in [-0.3, -0.25) is 0 Å². The Hall–Kier alpha value is -2.45. The average molecular weight is 415 g/mol. The van der Waals surface area contributed by atoms with Gasteiger partial charge in [-0.1, -0.05) is 28.7 Å². The molecular formula is C20H19FN4OS2. The van der Waals surface area contributed by atoms with Crippen molar-refractivity contribution in [1.82, 2.24) is 9.97 Å². The second kappa shape index (κ2) is 6.86. The maximum absolute atomic E-state index is 13.4. The van der Waals surface area contributed by atoms with Crippen LogP contribution < -0.4 is 14.5 Å². The maximum atomic E-state index is 13.4. The smallest absolute Gasteiger partial charge is 0.186 e. The molecule has 0 unspecified atom stereocenters. The number of hydrogen-bond acceptors (Lipinski definition) is 7. The standard InChI is InChI=1S/C20H19FN4OS2/c1-12-3-6-15(26-2)17-18(12)28-20(23-17)25-9-7-24(8-10-25)19-22-14-5-4-13(21)11-16(14)27-19/h3-6,11H,7-10H2,1-2H3. The number of piperazine rings is 1. The summed E-state index contributed by atoms with van der Waals surface area (Å²) in [6.07, 6.45) is 0. The van der Waals surface area contributed by atoms with Crippen LogP contribution in [-0.2, 0) is 0 Å². The number of aromatic nitrogens is 2. The van der Waals surface area contributed by atoms with Crippen molar-refractivity contribution in [2.24, 2.45) is 0 Å². The van der Waals surface area contributed by atoms with Crippen molar-refractivity contribution in [2.45, 2.75) is 6.92 Å². The Kier molecular flexibility index (Phi) is 4.32. The summed E-state index contributed by atoms with van der Waals surface area (Å²) in [6.45, 7) is 5.61. The summed E-state index contributed by atoms with van der Waals surface area (Å²) in [5.41, 5.74) is 3.02. The summed E-state index contributed by atoms with van der Waals surface area (Å²) in [6, 6.07) is 8.83. The number of methoxy groups -OCH3 is 1. The second-order valence-electron chi connectivity index (χ2n) is 6.84. The zero-order chi connectivity index (χ0) is 19.3. The number of anilines is 2. The number of nitrogens with zero attached hydrogens (tertiary/aromatic N) is 4. The van der Waals surface area contributed by atoms with E-state index < -0.39 is 0 Å². The van der Waals surface area contributed by atoms with Gasteiger partial charge in [-0.15, -0.1) is 0 Å². The fraction of sp³-hybridized carbons (Fsp3) is 0.300. The zero-order valence-corrected chi connectivity index (χ0v) is 17.2. The first-order valence-electron chi connectivity index (χ1n) is 9.12. The summed E-state index contributed by atoms with van der Waals surface area (Å²) in [4.78, 5) is 14.1. The fourth-order valence-corrected chi connectivity index (χ4v) is 5.65. The highest BCUT2D eigenvalue weighted by molar-refractivity contribution is 7.22. The number of fused-ring (bicyclic) bond motifs is 2. The molecule has 0 amide bonds. The van der Waals surface area contributed by atoms with Gasteiger partial charge in [-0.05, 0) is 36.8 Å². The number of benzene rings is 2. The minimum atomic E-state index is -0.214. The molecule has 3 heterocycles. The Balaban J connectivity index is 1.36. The summed E-state index contributed by atoms with van der Waals surface area (Å²) >= 11 is 3.28. The first-order valence-corrected chi connectivity index (χ1v) is 10.8. The van der Waals surface area contributed by atoms with Crippen molar-refractivity contribution in [3.63, 3.8) is 0 Å². The molecule has 4 aromatic rings. The molecule has 28 heavy (non-hydrogen) atoms. The van der Waals surface area contributed by atoms with E-state index in [9.17, 15) is 4.39 Å². The third kappa shape index (κ3) is 2.97. The lowest BCUT2D eigenvalue weighted by Gasteiger charge is -2.34. The zero-order valence-electron chi connectivity index (χ0n) is 15.6. The molecular weight excluding hydrogens is 395 g/mol. The highest BCUT2D eigenvalue weighted by atomic mass is 32.1. The lowest BCUT2D eigenvalue weighted by atomic mass is 10.2. The molecule has 0 atom stereocenters. The summed E-state index contributed by atoms with van der Waals surface area (Å²) in [5.74, 6) is 0.609. The van der Waals surface area contributed by atoms with Gasteiger partial charge in [-0.2, -0.15) is 0 Å². The van der Waals surface area contributed by atoms with E-state index in [1.54, 1.807) is 41.9 Å². The van der Waals surface area contributed by atoms with E-state index in [0.29, 0.717) is 0 Å². The number of rotatable bonds is 3. The van der Waals surface area contributed by atoms with E-state index in [-0.39, 0.29) is 5.82 Å². The van der Waals surface area contributed by atoms with Gasteiger partial charge in [0.15, 0.2) is 10.3 Å². The molecule has 2 aromatic heterocycles. The van der Waals surface area contributed by atoms with Crippen LogP contribution in [0.15, 0.2) is 30.3 Å². The van der Waals surface area contributed by atoms with Crippen LogP contribution in [0.25, 0.3) is 20.4 Å². The van der Waals surface area contributed by atoms with Crippen molar-refractivity contribution >= 4 is 53.4 Å². The van der Waals surface area contributed by atoms with Gasteiger partial charge in [0.25, 0.3) is 0 Å². The molecule has 1 aliphatic heterocycles. The van der Waals surface area contributed by atoms with Crippen LogP contribution in [0.1, 0.15) is 5.56 Å². The van der Waals surface area contributed by atoms with Crippen LogP contribution in [0.3, 0.4) is 0 Å². The molecule has 0 spiro atoms. The molecule has 0 radical (unpaired) electrons. The Morgan fingerprint density at radius 3 is 2.39 bits per heavy atom. The predicted molar refractivity (Wildman–Crippen MR) is 115 cm³/mol. The van der Waals surface area contributed by atoms with Crippen LogP contribution in [0, 0.1) is 12.7 Å². The highest BCUT2D eigenvalue weighted by Gasteiger charge is 2.23. The molecule has 2 aromatic carbocycles. The van der Waals surface area contributed by atoms with E-state index in [4.69, 9.17) is 9.72 Å². The molecule has 144 valence electrons. The lowest BCUT2D eigenvalue weighted by Crippen LogP contribution is -2.46. The van der Waals surface area contributed by atoms with E-state index in [0.717, 1.165) is 57.9 Å². The van der Waals surface area contributed by atoms with E-state index >= 15 is 0 Å². The van der Waals surface area contributed by atoms with Gasteiger partial charge in [0.2, 0.25) is 0 Å². The SMILES string of the molecule is COc1ccc(C)c2sc(N3CCN(c4nc5ccc(F)cc5s4)CC3)nc12. The first-order chi connectivity index (χ1) is 13.6. The molecule has 0 N–H and O–H groups in total. The van der Waals surface area contributed by atoms with Crippen LogP contribution in [0.2, 0.25) is 0 Å². The second-order valence-corrected chi connectivity index (χ2v) is 8.83. The van der Waals surface area contributed by atoms with E-state index in [1.165, 1.54) is 16.3 Å². The van der Waals surface area contributed by atoms with E-state index in [2.05, 4.69) is 27.8 Å². The summed E-state index contributed by atoms with van der Waals surface area (Å²) in [7, 11) is 1.69. The molecule has 5 rings (SSSR count). The van der Waals surface area contributed by atoms with Crippen LogP contribution >= 0.6 is 22.7 Å². The molecule has 0 bridgehead atoms. The monoisotopic (exact) mass is 414 g/mol. The molecule has 1 aliphatic rings. The summed E-state index contributed by atoms with van der Waals surface area (Å²) < 4.78 is 21.0. The quantitative estimate of drug-likeness (QED) is 0.487. The van der Waals surface area contributed by atoms with Crippen molar-refractivity contribution < 1.29 is 9.13 Å². The number of ether oxygens (including phenoxy) is 1. The first kappa shape index (κ1) is 17.6. The highest BCUT2D eigenvalue weighted by Crippen LogP contribution is 2.37. The Morgan fingerprint density at radius 1 is 0.964 bits per heavy atom. The molecule has 0 saturated carbocycles. The van der Waals surface area contributed by atoms with Crippen LogP contribution in [-0.4, -0.2) is 43.3 Å². The third-order valence-corrected chi connectivity index (χ3v) is 7.40. The molecule has 1 saturated heterocycles. The normalized spacial score (nSPS) is 15.0. The fourth-order valence-electron chi connectivity index (χ4n) is 3.51. The van der Waals surface area contributed by atoms with Gasteiger partial charge in [0.05, 0.1) is 22.0 Å². The summed E-state index contributed by atoms with van der Waals surface area (Å²) in [5, 5.41) is 2.00. The molecule has 5 nitrogen and oxygen atoms in total. The largest absolute Gasteiger partial charge is 0.494 e.